The largest absolute Gasteiger partial charge is 0.399 e. The number of hydrogen-bond donors (Lipinski definition) is 3. The maximum Gasteiger partial charge on any atom is 0.214 e. The van der Waals surface area contributed by atoms with Gasteiger partial charge in [-0.3, -0.25) is 0 Å². The zero-order chi connectivity index (χ0) is 34.3. The number of allylic oxidation sites excluding steroid dienone is 1. The van der Waals surface area contributed by atoms with Gasteiger partial charge >= 0.3 is 0 Å². The number of nitrogens with two attached hydrogens (primary N) is 3. The average molecular weight is 681 g/mol. The van der Waals surface area contributed by atoms with E-state index in [9.17, 15) is 0 Å². The van der Waals surface area contributed by atoms with E-state index in [1.54, 1.807) is 0 Å². The average Bonchev–Trinajstić information content (AvgIpc) is 3.09. The number of hydrogen-bond acceptors (Lipinski definition) is 8. The number of quaternary nitrogens is 1. The molecule has 10 heteroatoms. The minimum absolute atomic E-state index is 0.811. The molecule has 5 aromatic rings. The third-order valence-corrected chi connectivity index (χ3v) is 9.94. The molecule has 8 nitrogen and oxygen atoms in total. The van der Waals surface area contributed by atoms with Crippen molar-refractivity contribution < 1.29 is 9.88 Å². The van der Waals surface area contributed by atoms with E-state index in [0.29, 0.717) is 0 Å². The van der Waals surface area contributed by atoms with Crippen LogP contribution in [0, 0.1) is 0 Å². The lowest BCUT2D eigenvalue weighted by Crippen LogP contribution is -2.79. The highest BCUT2D eigenvalue weighted by atomic mass is 33.1. The first-order valence-corrected chi connectivity index (χ1v) is 18.5. The molecule has 0 aliphatic rings. The molecule has 0 spiro atoms. The molecule has 4 aromatic carbocycles. The van der Waals surface area contributed by atoms with Crippen molar-refractivity contribution >= 4 is 78.4 Å². The van der Waals surface area contributed by atoms with Gasteiger partial charge in [-0.05, 0) is 79.7 Å². The fraction of sp³-hybridized carbons (Fsp3) is 0.237. The van der Waals surface area contributed by atoms with E-state index in [4.69, 9.17) is 11.5 Å². The summed E-state index contributed by atoms with van der Waals surface area (Å²) in [7, 11) is 11.9. The highest BCUT2D eigenvalue weighted by Gasteiger charge is 2.11. The Morgan fingerprint density at radius 2 is 1.42 bits per heavy atom. The van der Waals surface area contributed by atoms with Gasteiger partial charge in [0.05, 0.1) is 40.4 Å². The van der Waals surface area contributed by atoms with Gasteiger partial charge in [0, 0.05) is 63.1 Å². The van der Waals surface area contributed by atoms with Crippen molar-refractivity contribution in [2.24, 2.45) is 10.2 Å². The van der Waals surface area contributed by atoms with Gasteiger partial charge in [-0.25, -0.2) is 0 Å². The molecular weight excluding hydrogens is 633 g/mol. The second-order valence-corrected chi connectivity index (χ2v) is 14.2. The summed E-state index contributed by atoms with van der Waals surface area (Å²) in [5.41, 5.74) is 20.8. The van der Waals surface area contributed by atoms with Gasteiger partial charge in [0.2, 0.25) is 5.52 Å². The lowest BCUT2D eigenvalue weighted by Gasteiger charge is -2.11. The van der Waals surface area contributed by atoms with E-state index < -0.39 is 0 Å². The fourth-order valence-electron chi connectivity index (χ4n) is 4.92. The van der Waals surface area contributed by atoms with Crippen LogP contribution in [0.2, 0.25) is 0 Å². The molecule has 0 bridgehead atoms. The maximum atomic E-state index is 6.14. The van der Waals surface area contributed by atoms with Gasteiger partial charge in [-0.1, -0.05) is 45.9 Å². The van der Waals surface area contributed by atoms with Crippen LogP contribution in [0.5, 0.6) is 0 Å². The molecule has 1 heterocycles. The number of nitrogen functional groups attached to an aromatic ring is 2. The van der Waals surface area contributed by atoms with Gasteiger partial charge in [0.1, 0.15) is 5.69 Å². The molecule has 6 N–H and O–H groups in total. The van der Waals surface area contributed by atoms with Crippen LogP contribution in [0.1, 0.15) is 12.5 Å². The number of aryl methyl sites for hydroxylation is 1. The Balaban J connectivity index is 0.000000445. The van der Waals surface area contributed by atoms with E-state index in [1.807, 2.05) is 116 Å². The first-order valence-electron chi connectivity index (χ1n) is 16.0. The highest BCUT2D eigenvalue weighted by Crippen LogP contribution is 2.28. The second kappa shape index (κ2) is 18.7. The molecule has 0 radical (unpaired) electrons. The first-order chi connectivity index (χ1) is 23.3. The Morgan fingerprint density at radius 1 is 0.750 bits per heavy atom. The summed E-state index contributed by atoms with van der Waals surface area (Å²) >= 11 is 0. The normalized spacial score (nSPS) is 11.2. The van der Waals surface area contributed by atoms with Gasteiger partial charge in [-0.2, -0.15) is 9.68 Å². The van der Waals surface area contributed by atoms with Gasteiger partial charge in [0.25, 0.3) is 0 Å². The minimum Gasteiger partial charge on any atom is -0.399 e. The van der Waals surface area contributed by atoms with Crippen molar-refractivity contribution in [2.45, 2.75) is 13.5 Å². The maximum absolute atomic E-state index is 6.14. The molecule has 0 saturated carbocycles. The summed E-state index contributed by atoms with van der Waals surface area (Å²) in [6, 6.07) is 32.4. The zero-order valence-electron chi connectivity index (χ0n) is 28.6. The monoisotopic (exact) mass is 680 g/mol. The van der Waals surface area contributed by atoms with Crippen LogP contribution in [-0.4, -0.2) is 46.2 Å². The van der Waals surface area contributed by atoms with Crippen molar-refractivity contribution in [1.82, 2.24) is 0 Å². The van der Waals surface area contributed by atoms with Crippen LogP contribution < -0.4 is 31.2 Å². The number of nitrogens with zero attached hydrogens (tertiary/aromatic N) is 5. The third-order valence-electron chi connectivity index (χ3n) is 7.52. The Kier molecular flexibility index (Phi) is 14.2. The lowest BCUT2D eigenvalue weighted by molar-refractivity contribution is -0.666. The molecule has 48 heavy (non-hydrogen) atoms. The van der Waals surface area contributed by atoms with Crippen molar-refractivity contribution in [2.75, 3.05) is 67.5 Å². The summed E-state index contributed by atoms with van der Waals surface area (Å²) < 4.78 is 2.28. The van der Waals surface area contributed by atoms with Crippen LogP contribution in [0.4, 0.5) is 39.8 Å². The smallest absolute Gasteiger partial charge is 0.214 e. The second-order valence-electron chi connectivity index (χ2n) is 11.5. The number of aromatic nitrogens is 1. The zero-order valence-corrected chi connectivity index (χ0v) is 30.2. The van der Waals surface area contributed by atoms with Crippen LogP contribution in [0.25, 0.3) is 17.0 Å². The van der Waals surface area contributed by atoms with Crippen molar-refractivity contribution in [1.29, 1.82) is 0 Å². The molecule has 0 atom stereocenters. The summed E-state index contributed by atoms with van der Waals surface area (Å²) in [5.74, 6) is 2.09. The van der Waals surface area contributed by atoms with Crippen LogP contribution in [-0.2, 0) is 6.54 Å². The Bertz CT molecular complexity index is 1790. The van der Waals surface area contributed by atoms with Gasteiger partial charge in [-0.15, -0.1) is 5.11 Å². The summed E-state index contributed by atoms with van der Waals surface area (Å²) in [4.78, 5) is 4.11. The molecular formula is C38H48N8S2+2. The predicted molar refractivity (Wildman–Crippen MR) is 211 cm³/mol. The lowest BCUT2D eigenvalue weighted by atomic mass is 10.1. The number of benzene rings is 4. The molecule has 0 fully saturated rings. The fourth-order valence-corrected chi connectivity index (χ4v) is 6.86. The standard InChI is InChI=1S/C30H34N6S2.C8H12N2/c1-4-8-26-28(11-6-12-29(26)34-33-23-14-16-24(17-15-23)35(2)3)32-18-21-37-38-22-20-36-19-7-9-25-27(31)10-5-13-30(25)36;1-10(2)8-5-3-7(9)4-6-8/h4-17,19,31-32H,18,20-22H2,1-3H3;3-6H,9H2,1-2H3/p+2/b8-4-,34-33?;. The summed E-state index contributed by atoms with van der Waals surface area (Å²) in [6.07, 6.45) is 6.30. The van der Waals surface area contributed by atoms with Crippen molar-refractivity contribution in [3.8, 4) is 0 Å². The summed E-state index contributed by atoms with van der Waals surface area (Å²) in [5, 5.41) is 12.5. The predicted octanol–water partition coefficient (Wildman–Crippen LogP) is 7.84. The number of anilines is 4. The number of azo groups is 1. The topological polar surface area (TPSA) is 104 Å². The van der Waals surface area contributed by atoms with E-state index in [-0.39, 0.29) is 0 Å². The number of rotatable bonds is 13. The van der Waals surface area contributed by atoms with Gasteiger partial charge in [0.15, 0.2) is 12.7 Å². The minimum atomic E-state index is 0.811. The quantitative estimate of drug-likeness (QED) is 0.0385. The van der Waals surface area contributed by atoms with E-state index in [0.717, 1.165) is 64.0 Å². The summed E-state index contributed by atoms with van der Waals surface area (Å²) in [6.45, 7) is 3.98. The first kappa shape index (κ1) is 36.3. The molecule has 0 aliphatic carbocycles. The Labute approximate surface area is 293 Å². The SMILES string of the molecule is C/C=C\c1c(N=Nc2ccc(N(C)C)cc2)cccc1[NH2+]CCSSCC[n+]1cccc2c(N)cccc21.CN(C)c1ccc(N)cc1. The highest BCUT2D eigenvalue weighted by molar-refractivity contribution is 8.76. The molecule has 1 aromatic heterocycles. The van der Waals surface area contributed by atoms with E-state index >= 15 is 0 Å². The van der Waals surface area contributed by atoms with E-state index in [2.05, 4.69) is 85.8 Å². The van der Waals surface area contributed by atoms with Gasteiger partial charge < -0.3 is 26.6 Å². The molecule has 250 valence electrons. The van der Waals surface area contributed by atoms with Crippen molar-refractivity contribution in [3.05, 3.63) is 115 Å². The Morgan fingerprint density at radius 3 is 2.10 bits per heavy atom. The third kappa shape index (κ3) is 10.8. The Hall–Kier alpha value is -4.51. The molecule has 0 amide bonds. The molecule has 0 aliphatic heterocycles. The molecule has 0 saturated heterocycles. The van der Waals surface area contributed by atoms with Crippen LogP contribution >= 0.6 is 21.6 Å². The van der Waals surface area contributed by atoms with E-state index in [1.165, 1.54) is 16.9 Å². The van der Waals surface area contributed by atoms with Crippen molar-refractivity contribution in [3.63, 3.8) is 0 Å². The van der Waals surface area contributed by atoms with Crippen LogP contribution in [0.3, 0.4) is 0 Å². The molecule has 5 rings (SSSR count). The van der Waals surface area contributed by atoms with Crippen LogP contribution in [0.15, 0.2) is 120 Å². The number of fused-ring (bicyclic) bond motifs is 1. The molecule has 0 unspecified atom stereocenters. The number of pyridine rings is 1.